The molecular formula is C20H14N2O3S2. The van der Waals surface area contributed by atoms with Crippen LogP contribution >= 0.6 is 11.3 Å². The van der Waals surface area contributed by atoms with Gasteiger partial charge in [-0.15, -0.1) is 11.3 Å². The molecule has 1 aliphatic rings. The van der Waals surface area contributed by atoms with E-state index in [1.807, 2.05) is 12.1 Å². The molecule has 0 aliphatic carbocycles. The summed E-state index contributed by atoms with van der Waals surface area (Å²) in [6.45, 7) is 0. The molecule has 1 amide bonds. The van der Waals surface area contributed by atoms with Gasteiger partial charge in [-0.1, -0.05) is 30.3 Å². The van der Waals surface area contributed by atoms with Gasteiger partial charge in [0.05, 0.1) is 22.2 Å². The minimum Gasteiger partial charge on any atom is -0.324 e. The van der Waals surface area contributed by atoms with Gasteiger partial charge in [-0.2, -0.15) is 5.26 Å². The molecule has 2 heterocycles. The predicted molar refractivity (Wildman–Crippen MR) is 102 cm³/mol. The van der Waals surface area contributed by atoms with E-state index in [-0.39, 0.29) is 28.0 Å². The first-order valence-corrected chi connectivity index (χ1v) is 10.6. The van der Waals surface area contributed by atoms with Gasteiger partial charge in [0.15, 0.2) is 0 Å². The monoisotopic (exact) mass is 394 g/mol. The van der Waals surface area contributed by atoms with Gasteiger partial charge in [-0.05, 0) is 29.8 Å². The van der Waals surface area contributed by atoms with Crippen molar-refractivity contribution >= 4 is 32.8 Å². The SMILES string of the molecule is N#Cc1ccc([C@@H]2CC(=O)Nc3c(S(=O)(=O)c4ccccc4)csc32)cc1. The zero-order chi connectivity index (χ0) is 19.0. The molecule has 2 aromatic carbocycles. The van der Waals surface area contributed by atoms with Crippen LogP contribution < -0.4 is 5.32 Å². The Bertz CT molecular complexity index is 1160. The molecule has 1 N–H and O–H groups in total. The average molecular weight is 394 g/mol. The van der Waals surface area contributed by atoms with Crippen molar-refractivity contribution in [3.05, 3.63) is 76.0 Å². The Morgan fingerprint density at radius 1 is 1.07 bits per heavy atom. The number of rotatable bonds is 3. The lowest BCUT2D eigenvalue weighted by Crippen LogP contribution is -2.23. The number of amides is 1. The molecule has 5 nitrogen and oxygen atoms in total. The number of fused-ring (bicyclic) bond motifs is 1. The van der Waals surface area contributed by atoms with Gasteiger partial charge < -0.3 is 5.32 Å². The van der Waals surface area contributed by atoms with Gasteiger partial charge >= 0.3 is 0 Å². The normalized spacial score (nSPS) is 16.3. The number of nitrogens with one attached hydrogen (secondary N) is 1. The number of anilines is 1. The van der Waals surface area contributed by atoms with Gasteiger partial charge in [0.25, 0.3) is 0 Å². The molecule has 134 valence electrons. The number of hydrogen-bond donors (Lipinski definition) is 1. The third-order valence-corrected chi connectivity index (χ3v) is 7.58. The number of carbonyl (C=O) groups excluding carboxylic acids is 1. The lowest BCUT2D eigenvalue weighted by atomic mass is 9.90. The summed E-state index contributed by atoms with van der Waals surface area (Å²) in [6.07, 6.45) is 0.240. The summed E-state index contributed by atoms with van der Waals surface area (Å²) in [4.78, 5) is 13.4. The Morgan fingerprint density at radius 2 is 1.78 bits per heavy atom. The second-order valence-electron chi connectivity index (χ2n) is 6.19. The number of carbonyl (C=O) groups is 1. The summed E-state index contributed by atoms with van der Waals surface area (Å²) < 4.78 is 26.0. The molecule has 7 heteroatoms. The minimum absolute atomic E-state index is 0.125. The van der Waals surface area contributed by atoms with Crippen LogP contribution in [0.5, 0.6) is 0 Å². The smallest absolute Gasteiger partial charge is 0.225 e. The Hall–Kier alpha value is -2.95. The molecule has 0 radical (unpaired) electrons. The fourth-order valence-electron chi connectivity index (χ4n) is 3.19. The van der Waals surface area contributed by atoms with Crippen LogP contribution in [0.4, 0.5) is 5.69 Å². The molecule has 3 aromatic rings. The second-order valence-corrected chi connectivity index (χ2v) is 9.02. The van der Waals surface area contributed by atoms with E-state index in [0.717, 1.165) is 10.4 Å². The largest absolute Gasteiger partial charge is 0.324 e. The van der Waals surface area contributed by atoms with E-state index < -0.39 is 9.84 Å². The van der Waals surface area contributed by atoms with E-state index in [1.165, 1.54) is 11.3 Å². The van der Waals surface area contributed by atoms with Gasteiger partial charge in [0.2, 0.25) is 15.7 Å². The van der Waals surface area contributed by atoms with E-state index in [2.05, 4.69) is 11.4 Å². The van der Waals surface area contributed by atoms with E-state index >= 15 is 0 Å². The molecule has 1 aromatic heterocycles. The maximum absolute atomic E-state index is 13.0. The van der Waals surface area contributed by atoms with Crippen LogP contribution in [0.1, 0.15) is 28.3 Å². The molecular weight excluding hydrogens is 380 g/mol. The topological polar surface area (TPSA) is 87.0 Å². The zero-order valence-corrected chi connectivity index (χ0v) is 15.7. The highest BCUT2D eigenvalue weighted by molar-refractivity contribution is 7.91. The maximum Gasteiger partial charge on any atom is 0.225 e. The summed E-state index contributed by atoms with van der Waals surface area (Å²) >= 11 is 1.33. The minimum atomic E-state index is -3.72. The van der Waals surface area contributed by atoms with Crippen molar-refractivity contribution in [1.82, 2.24) is 0 Å². The van der Waals surface area contributed by atoms with E-state index in [0.29, 0.717) is 11.3 Å². The van der Waals surface area contributed by atoms with Crippen molar-refractivity contribution in [2.75, 3.05) is 5.32 Å². The maximum atomic E-state index is 13.0. The van der Waals surface area contributed by atoms with E-state index in [1.54, 1.807) is 47.8 Å². The fourth-order valence-corrected chi connectivity index (χ4v) is 6.12. The molecule has 0 unspecified atom stereocenters. The van der Waals surface area contributed by atoms with Gasteiger partial charge in [-0.3, -0.25) is 4.79 Å². The standard InChI is InChI=1S/C20H14N2O3S2/c21-11-13-6-8-14(9-7-13)16-10-18(23)22-19-17(12-26-20(16)19)27(24,25)15-4-2-1-3-5-15/h1-9,12,16H,10H2,(H,22,23)/t16-/m0/s1. The van der Waals surface area contributed by atoms with E-state index in [4.69, 9.17) is 5.26 Å². The van der Waals surface area contributed by atoms with Crippen molar-refractivity contribution in [1.29, 1.82) is 5.26 Å². The molecule has 0 spiro atoms. The molecule has 27 heavy (non-hydrogen) atoms. The molecule has 0 saturated heterocycles. The third-order valence-electron chi connectivity index (χ3n) is 4.54. The van der Waals surface area contributed by atoms with Crippen LogP contribution in [0.3, 0.4) is 0 Å². The number of sulfone groups is 1. The molecule has 1 aliphatic heterocycles. The number of thiophene rings is 1. The fraction of sp³-hybridized carbons (Fsp3) is 0.100. The highest BCUT2D eigenvalue weighted by Crippen LogP contribution is 2.45. The molecule has 0 fully saturated rings. The molecule has 1 atom stereocenters. The van der Waals surface area contributed by atoms with Crippen LogP contribution in [-0.2, 0) is 14.6 Å². The Kier molecular flexibility index (Phi) is 4.30. The number of benzene rings is 2. The summed E-state index contributed by atoms with van der Waals surface area (Å²) in [6, 6.07) is 17.3. The van der Waals surface area contributed by atoms with Gasteiger partial charge in [0.1, 0.15) is 4.90 Å². The summed E-state index contributed by atoms with van der Waals surface area (Å²) in [5.41, 5.74) is 1.79. The number of nitriles is 1. The van der Waals surface area contributed by atoms with E-state index in [9.17, 15) is 13.2 Å². The van der Waals surface area contributed by atoms with Crippen LogP contribution in [-0.4, -0.2) is 14.3 Å². The first-order chi connectivity index (χ1) is 13.0. The molecule has 0 saturated carbocycles. The van der Waals surface area contributed by atoms with Crippen molar-refractivity contribution in [2.45, 2.75) is 22.1 Å². The molecule has 4 rings (SSSR count). The van der Waals surface area contributed by atoms with Crippen molar-refractivity contribution in [2.24, 2.45) is 0 Å². The lowest BCUT2D eigenvalue weighted by Gasteiger charge is -2.23. The third kappa shape index (κ3) is 3.03. The van der Waals surface area contributed by atoms with Crippen molar-refractivity contribution in [3.8, 4) is 6.07 Å². The Labute approximate surface area is 160 Å². The summed E-state index contributed by atoms with van der Waals surface area (Å²) in [7, 11) is -3.72. The quantitative estimate of drug-likeness (QED) is 0.729. The highest BCUT2D eigenvalue weighted by atomic mass is 32.2. The Balaban J connectivity index is 1.81. The first-order valence-electron chi connectivity index (χ1n) is 8.22. The van der Waals surface area contributed by atoms with Crippen LogP contribution in [0.25, 0.3) is 0 Å². The summed E-state index contributed by atoms with van der Waals surface area (Å²) in [5.74, 6) is -0.453. The summed E-state index contributed by atoms with van der Waals surface area (Å²) in [5, 5.41) is 13.3. The van der Waals surface area contributed by atoms with Crippen molar-refractivity contribution < 1.29 is 13.2 Å². The Morgan fingerprint density at radius 3 is 2.44 bits per heavy atom. The predicted octanol–water partition coefficient (Wildman–Crippen LogP) is 3.93. The lowest BCUT2D eigenvalue weighted by molar-refractivity contribution is -0.116. The van der Waals surface area contributed by atoms with Crippen molar-refractivity contribution in [3.63, 3.8) is 0 Å². The van der Waals surface area contributed by atoms with Gasteiger partial charge in [-0.25, -0.2) is 8.42 Å². The number of hydrogen-bond acceptors (Lipinski definition) is 5. The number of nitrogens with zero attached hydrogens (tertiary/aromatic N) is 1. The first kappa shape index (κ1) is 17.5. The van der Waals surface area contributed by atoms with Crippen LogP contribution in [0.15, 0.2) is 69.8 Å². The van der Waals surface area contributed by atoms with Crippen LogP contribution in [0.2, 0.25) is 0 Å². The van der Waals surface area contributed by atoms with Crippen LogP contribution in [0, 0.1) is 11.3 Å². The average Bonchev–Trinajstić information content (AvgIpc) is 3.12. The highest BCUT2D eigenvalue weighted by Gasteiger charge is 2.34. The van der Waals surface area contributed by atoms with Gasteiger partial charge in [0, 0.05) is 22.6 Å². The zero-order valence-electron chi connectivity index (χ0n) is 14.0. The molecule has 0 bridgehead atoms. The second kappa shape index (κ2) is 6.65.